The van der Waals surface area contributed by atoms with Crippen LogP contribution >= 0.6 is 11.8 Å². The second kappa shape index (κ2) is 7.90. The van der Waals surface area contributed by atoms with E-state index in [0.717, 1.165) is 17.7 Å². The molecule has 0 aliphatic carbocycles. The molecule has 0 N–H and O–H groups in total. The summed E-state index contributed by atoms with van der Waals surface area (Å²) in [5.74, 6) is 1.49. The molecule has 0 fully saturated rings. The number of hydrogen-bond acceptors (Lipinski definition) is 5. The third kappa shape index (κ3) is 4.29. The third-order valence-corrected chi connectivity index (χ3v) is 5.34. The molecule has 2 heterocycles. The third-order valence-electron chi connectivity index (χ3n) is 4.37. The second-order valence-corrected chi connectivity index (χ2v) is 7.36. The number of halogens is 3. The lowest BCUT2D eigenvalue weighted by Gasteiger charge is -2.09. The number of nitrogens with zero attached hydrogens (tertiary/aromatic N) is 4. The summed E-state index contributed by atoms with van der Waals surface area (Å²) in [4.78, 5) is 8.74. The molecule has 0 bridgehead atoms. The van der Waals surface area contributed by atoms with Gasteiger partial charge in [0.05, 0.1) is 28.9 Å². The van der Waals surface area contributed by atoms with Crippen molar-refractivity contribution in [3.8, 4) is 0 Å². The number of thioether (sulfide) groups is 1. The first-order valence-electron chi connectivity index (χ1n) is 8.99. The number of hydrogen-bond donors (Lipinski definition) is 0. The van der Waals surface area contributed by atoms with Crippen LogP contribution in [-0.4, -0.2) is 19.7 Å². The molecule has 0 saturated heterocycles. The van der Waals surface area contributed by atoms with Gasteiger partial charge in [0.15, 0.2) is 11.0 Å². The van der Waals surface area contributed by atoms with Crippen molar-refractivity contribution in [2.75, 3.05) is 0 Å². The zero-order valence-corrected chi connectivity index (χ0v) is 16.3. The first-order valence-corrected chi connectivity index (χ1v) is 9.98. The molecule has 0 amide bonds. The van der Waals surface area contributed by atoms with Crippen LogP contribution in [0.15, 0.2) is 58.2 Å². The Morgan fingerprint density at radius 2 is 1.86 bits per heavy atom. The van der Waals surface area contributed by atoms with Crippen LogP contribution in [0, 0.1) is 0 Å². The van der Waals surface area contributed by atoms with Crippen LogP contribution in [-0.2, 0) is 24.9 Å². The van der Waals surface area contributed by atoms with Crippen molar-refractivity contribution in [2.24, 2.45) is 0 Å². The van der Waals surface area contributed by atoms with E-state index in [0.29, 0.717) is 46.6 Å². The fourth-order valence-corrected chi connectivity index (χ4v) is 3.79. The monoisotopic (exact) mass is 418 g/mol. The standard InChI is InChI=1S/C20H17F3N4OS/c1-2-18-25-17(26-28-18)12-29-19-24-15-10-14(20(21,22)23)8-9-16(15)27(19)11-13-6-4-3-5-7-13/h3-10H,2,11-12H2,1H3. The minimum absolute atomic E-state index is 0.306. The van der Waals surface area contributed by atoms with Crippen LogP contribution in [0.5, 0.6) is 0 Å². The van der Waals surface area contributed by atoms with Gasteiger partial charge in [0.1, 0.15) is 0 Å². The van der Waals surface area contributed by atoms with E-state index in [1.165, 1.54) is 17.8 Å². The maximum atomic E-state index is 13.1. The lowest BCUT2D eigenvalue weighted by Crippen LogP contribution is -2.05. The van der Waals surface area contributed by atoms with Crippen molar-refractivity contribution in [1.29, 1.82) is 0 Å². The number of aryl methyl sites for hydroxylation is 1. The summed E-state index contributed by atoms with van der Waals surface area (Å²) < 4.78 is 46.4. The van der Waals surface area contributed by atoms with E-state index in [9.17, 15) is 13.2 Å². The largest absolute Gasteiger partial charge is 0.416 e. The highest BCUT2D eigenvalue weighted by Gasteiger charge is 2.31. The Morgan fingerprint density at radius 1 is 1.07 bits per heavy atom. The van der Waals surface area contributed by atoms with E-state index in [-0.39, 0.29) is 0 Å². The quantitative estimate of drug-likeness (QED) is 0.396. The zero-order chi connectivity index (χ0) is 20.4. The zero-order valence-electron chi connectivity index (χ0n) is 15.5. The summed E-state index contributed by atoms with van der Waals surface area (Å²) in [7, 11) is 0. The molecule has 0 saturated carbocycles. The fraction of sp³-hybridized carbons (Fsp3) is 0.250. The minimum Gasteiger partial charge on any atom is -0.339 e. The van der Waals surface area contributed by atoms with Gasteiger partial charge in [-0.3, -0.25) is 0 Å². The van der Waals surface area contributed by atoms with Crippen LogP contribution in [0.3, 0.4) is 0 Å². The van der Waals surface area contributed by atoms with Crippen LogP contribution in [0.4, 0.5) is 13.2 Å². The maximum Gasteiger partial charge on any atom is 0.416 e. The molecule has 0 spiro atoms. The highest BCUT2D eigenvalue weighted by Crippen LogP contribution is 2.33. The normalized spacial score (nSPS) is 12.0. The Hall–Kier alpha value is -2.81. The molecule has 0 radical (unpaired) electrons. The number of aromatic nitrogens is 4. The molecule has 2 aromatic carbocycles. The predicted octanol–water partition coefficient (Wildman–Crippen LogP) is 5.34. The lowest BCUT2D eigenvalue weighted by molar-refractivity contribution is -0.137. The van der Waals surface area contributed by atoms with E-state index in [2.05, 4.69) is 15.1 Å². The summed E-state index contributed by atoms with van der Waals surface area (Å²) in [5.41, 5.74) is 1.27. The van der Waals surface area contributed by atoms with Crippen molar-refractivity contribution < 1.29 is 17.7 Å². The Kier molecular flexibility index (Phi) is 5.31. The highest BCUT2D eigenvalue weighted by molar-refractivity contribution is 7.98. The van der Waals surface area contributed by atoms with Gasteiger partial charge in [-0.2, -0.15) is 18.2 Å². The van der Waals surface area contributed by atoms with Crippen molar-refractivity contribution >= 4 is 22.8 Å². The van der Waals surface area contributed by atoms with E-state index in [1.54, 1.807) is 0 Å². The number of benzene rings is 2. The Balaban J connectivity index is 1.70. The second-order valence-electron chi connectivity index (χ2n) is 6.41. The van der Waals surface area contributed by atoms with Crippen LogP contribution in [0.25, 0.3) is 11.0 Å². The number of alkyl halides is 3. The summed E-state index contributed by atoms with van der Waals surface area (Å²) in [6.07, 6.45) is -3.77. The minimum atomic E-state index is -4.41. The average Bonchev–Trinajstić information content (AvgIpc) is 3.30. The van der Waals surface area contributed by atoms with Crippen molar-refractivity contribution in [3.63, 3.8) is 0 Å². The highest BCUT2D eigenvalue weighted by atomic mass is 32.2. The van der Waals surface area contributed by atoms with Gasteiger partial charge in [-0.25, -0.2) is 4.98 Å². The van der Waals surface area contributed by atoms with Gasteiger partial charge < -0.3 is 9.09 Å². The first kappa shape index (κ1) is 19.5. The summed E-state index contributed by atoms with van der Waals surface area (Å²) in [6, 6.07) is 13.4. The molecule has 0 unspecified atom stereocenters. The summed E-state index contributed by atoms with van der Waals surface area (Å²) >= 11 is 1.37. The molecule has 29 heavy (non-hydrogen) atoms. The van der Waals surface area contributed by atoms with Crippen molar-refractivity contribution in [1.82, 2.24) is 19.7 Å². The maximum absolute atomic E-state index is 13.1. The smallest absolute Gasteiger partial charge is 0.339 e. The molecule has 2 aromatic heterocycles. The molecule has 4 rings (SSSR count). The fourth-order valence-electron chi connectivity index (χ4n) is 2.93. The average molecular weight is 418 g/mol. The van der Waals surface area contributed by atoms with Gasteiger partial charge in [0.2, 0.25) is 5.89 Å². The molecular formula is C20H17F3N4OS. The van der Waals surface area contributed by atoms with Gasteiger partial charge in [-0.15, -0.1) is 0 Å². The molecule has 150 valence electrons. The summed E-state index contributed by atoms with van der Waals surface area (Å²) in [6.45, 7) is 2.42. The Labute approximate surface area is 168 Å². The number of rotatable bonds is 6. The van der Waals surface area contributed by atoms with Crippen LogP contribution < -0.4 is 0 Å². The lowest BCUT2D eigenvalue weighted by atomic mass is 10.2. The Bertz CT molecular complexity index is 1120. The van der Waals surface area contributed by atoms with Crippen molar-refractivity contribution in [3.05, 3.63) is 71.4 Å². The molecular weight excluding hydrogens is 401 g/mol. The topological polar surface area (TPSA) is 56.7 Å². The van der Waals surface area contributed by atoms with E-state index >= 15 is 0 Å². The van der Waals surface area contributed by atoms with E-state index < -0.39 is 11.7 Å². The SMILES string of the molecule is CCc1nc(CSc2nc3cc(C(F)(F)F)ccc3n2Cc2ccccc2)no1. The molecule has 9 heteroatoms. The predicted molar refractivity (Wildman–Crippen MR) is 104 cm³/mol. The van der Waals surface area contributed by atoms with Gasteiger partial charge >= 0.3 is 6.18 Å². The number of imidazole rings is 1. The molecule has 0 aliphatic rings. The van der Waals surface area contributed by atoms with E-state index in [4.69, 9.17) is 4.52 Å². The van der Waals surface area contributed by atoms with Gasteiger partial charge in [0.25, 0.3) is 0 Å². The number of fused-ring (bicyclic) bond motifs is 1. The Morgan fingerprint density at radius 3 is 2.55 bits per heavy atom. The van der Waals surface area contributed by atoms with E-state index in [1.807, 2.05) is 41.8 Å². The van der Waals surface area contributed by atoms with Gasteiger partial charge in [-0.1, -0.05) is 54.2 Å². The van der Waals surface area contributed by atoms with Crippen LogP contribution in [0.1, 0.15) is 29.8 Å². The summed E-state index contributed by atoms with van der Waals surface area (Å²) in [5, 5.41) is 4.53. The molecule has 0 aliphatic heterocycles. The van der Waals surface area contributed by atoms with Crippen molar-refractivity contribution in [2.45, 2.75) is 37.0 Å². The molecule has 5 nitrogen and oxygen atoms in total. The molecule has 4 aromatic rings. The van der Waals surface area contributed by atoms with Gasteiger partial charge in [-0.05, 0) is 23.8 Å². The van der Waals surface area contributed by atoms with Crippen LogP contribution in [0.2, 0.25) is 0 Å². The first-order chi connectivity index (χ1) is 13.9. The molecule has 0 atom stereocenters. The van der Waals surface area contributed by atoms with Gasteiger partial charge in [0, 0.05) is 6.42 Å².